The number of fused-ring (bicyclic) bond motifs is 1. The smallest absolute Gasteiger partial charge is 0.158 e. The molecule has 0 saturated heterocycles. The second-order valence-electron chi connectivity index (χ2n) is 4.84. The number of pyridine rings is 1. The second-order valence-corrected chi connectivity index (χ2v) is 4.84. The molecule has 0 aliphatic heterocycles. The average molecular weight is 267 g/mol. The largest absolute Gasteiger partial charge is 0.497 e. The molecule has 3 rings (SSSR count). The van der Waals surface area contributed by atoms with Crippen molar-refractivity contribution >= 4 is 5.65 Å². The van der Waals surface area contributed by atoms with E-state index in [0.717, 1.165) is 35.6 Å². The van der Waals surface area contributed by atoms with E-state index in [0.29, 0.717) is 0 Å². The summed E-state index contributed by atoms with van der Waals surface area (Å²) in [5, 5.41) is 4.51. The summed E-state index contributed by atoms with van der Waals surface area (Å²) in [6.45, 7) is 2.05. The number of rotatable bonds is 4. The maximum Gasteiger partial charge on any atom is 0.158 e. The Labute approximate surface area is 118 Å². The lowest BCUT2D eigenvalue weighted by molar-refractivity contribution is 0.414. The summed E-state index contributed by atoms with van der Waals surface area (Å²) in [7, 11) is 1.69. The third kappa shape index (κ3) is 2.50. The topological polar surface area (TPSA) is 39.4 Å². The van der Waals surface area contributed by atoms with Crippen molar-refractivity contribution in [1.82, 2.24) is 14.6 Å². The molecule has 0 radical (unpaired) electrons. The number of nitrogens with zero attached hydrogens (tertiary/aromatic N) is 3. The Balaban J connectivity index is 1.78. The first kappa shape index (κ1) is 12.7. The Hall–Kier alpha value is -2.36. The third-order valence-electron chi connectivity index (χ3n) is 3.37. The van der Waals surface area contributed by atoms with Crippen molar-refractivity contribution in [1.29, 1.82) is 0 Å². The van der Waals surface area contributed by atoms with Crippen LogP contribution in [0.2, 0.25) is 0 Å². The normalized spacial score (nSPS) is 10.9. The van der Waals surface area contributed by atoms with Crippen molar-refractivity contribution in [2.24, 2.45) is 0 Å². The number of hydrogen-bond donors (Lipinski definition) is 0. The van der Waals surface area contributed by atoms with Crippen molar-refractivity contribution in [3.63, 3.8) is 0 Å². The van der Waals surface area contributed by atoms with Gasteiger partial charge >= 0.3 is 0 Å². The first-order valence-electron chi connectivity index (χ1n) is 6.70. The van der Waals surface area contributed by atoms with Gasteiger partial charge in [-0.3, -0.25) is 0 Å². The van der Waals surface area contributed by atoms with Crippen LogP contribution >= 0.6 is 0 Å². The fourth-order valence-electron chi connectivity index (χ4n) is 2.27. The minimum Gasteiger partial charge on any atom is -0.497 e. The third-order valence-corrected chi connectivity index (χ3v) is 3.37. The molecule has 0 fully saturated rings. The van der Waals surface area contributed by atoms with Gasteiger partial charge < -0.3 is 4.74 Å². The molecule has 0 amide bonds. The Morgan fingerprint density at radius 3 is 2.85 bits per heavy atom. The average Bonchev–Trinajstić information content (AvgIpc) is 2.90. The number of methoxy groups -OCH3 is 1. The van der Waals surface area contributed by atoms with E-state index in [4.69, 9.17) is 4.74 Å². The Morgan fingerprint density at radius 1 is 1.15 bits per heavy atom. The predicted octanol–water partition coefficient (Wildman–Crippen LogP) is 2.83. The lowest BCUT2D eigenvalue weighted by Gasteiger charge is -2.02. The quantitative estimate of drug-likeness (QED) is 0.729. The first-order valence-corrected chi connectivity index (χ1v) is 6.70. The van der Waals surface area contributed by atoms with Crippen LogP contribution in [0.3, 0.4) is 0 Å². The summed E-state index contributed by atoms with van der Waals surface area (Å²) >= 11 is 0. The summed E-state index contributed by atoms with van der Waals surface area (Å²) < 4.78 is 7.08. The van der Waals surface area contributed by atoms with Gasteiger partial charge in [0.1, 0.15) is 5.75 Å². The fourth-order valence-corrected chi connectivity index (χ4v) is 2.27. The Kier molecular flexibility index (Phi) is 3.37. The van der Waals surface area contributed by atoms with Crippen LogP contribution in [0.15, 0.2) is 42.6 Å². The van der Waals surface area contributed by atoms with Crippen molar-refractivity contribution < 1.29 is 4.74 Å². The van der Waals surface area contributed by atoms with Gasteiger partial charge in [-0.1, -0.05) is 18.2 Å². The van der Waals surface area contributed by atoms with E-state index >= 15 is 0 Å². The number of aromatic nitrogens is 3. The van der Waals surface area contributed by atoms with Crippen LogP contribution in [-0.2, 0) is 12.8 Å². The van der Waals surface area contributed by atoms with Gasteiger partial charge in [0.05, 0.1) is 7.11 Å². The van der Waals surface area contributed by atoms with E-state index in [1.807, 2.05) is 28.9 Å². The molecule has 2 heterocycles. The molecule has 4 heteroatoms. The zero-order chi connectivity index (χ0) is 13.9. The summed E-state index contributed by atoms with van der Waals surface area (Å²) in [5.74, 6) is 1.77. The highest BCUT2D eigenvalue weighted by Gasteiger charge is 2.06. The van der Waals surface area contributed by atoms with E-state index < -0.39 is 0 Å². The predicted molar refractivity (Wildman–Crippen MR) is 78.1 cm³/mol. The molecule has 0 aliphatic rings. The van der Waals surface area contributed by atoms with Gasteiger partial charge in [-0.2, -0.15) is 5.10 Å². The minimum absolute atomic E-state index is 0.828. The van der Waals surface area contributed by atoms with Gasteiger partial charge in [0.25, 0.3) is 0 Å². The fraction of sp³-hybridized carbons (Fsp3) is 0.250. The van der Waals surface area contributed by atoms with Gasteiger partial charge in [-0.05, 0) is 42.7 Å². The molecule has 1 aromatic carbocycles. The molecule has 0 bridgehead atoms. The van der Waals surface area contributed by atoms with Crippen LogP contribution in [-0.4, -0.2) is 21.7 Å². The SMILES string of the molecule is COc1cccc(CCc2nc3c(C)cccn3n2)c1. The molecule has 0 N–H and O–H groups in total. The lowest BCUT2D eigenvalue weighted by atomic mass is 10.1. The van der Waals surface area contributed by atoms with E-state index in [2.05, 4.69) is 35.2 Å². The lowest BCUT2D eigenvalue weighted by Crippen LogP contribution is -1.95. The van der Waals surface area contributed by atoms with Crippen molar-refractivity contribution in [2.45, 2.75) is 19.8 Å². The van der Waals surface area contributed by atoms with E-state index in [9.17, 15) is 0 Å². The number of benzene rings is 1. The molecule has 0 spiro atoms. The van der Waals surface area contributed by atoms with Crippen molar-refractivity contribution in [3.8, 4) is 5.75 Å². The van der Waals surface area contributed by atoms with Crippen LogP contribution in [0.25, 0.3) is 5.65 Å². The van der Waals surface area contributed by atoms with Gasteiger partial charge in [0.15, 0.2) is 11.5 Å². The monoisotopic (exact) mass is 267 g/mol. The Bertz CT molecular complexity index is 733. The molecule has 4 nitrogen and oxygen atoms in total. The molecule has 3 aromatic rings. The molecular formula is C16H17N3O. The molecule has 0 unspecified atom stereocenters. The van der Waals surface area contributed by atoms with Crippen LogP contribution in [0, 0.1) is 6.92 Å². The number of ether oxygens (including phenoxy) is 1. The highest BCUT2D eigenvalue weighted by molar-refractivity contribution is 5.45. The first-order chi connectivity index (χ1) is 9.76. The van der Waals surface area contributed by atoms with Crippen LogP contribution in [0.4, 0.5) is 0 Å². The molecule has 0 saturated carbocycles. The van der Waals surface area contributed by atoms with Crippen LogP contribution < -0.4 is 4.74 Å². The van der Waals surface area contributed by atoms with Gasteiger partial charge in [-0.25, -0.2) is 9.50 Å². The molecule has 2 aromatic heterocycles. The summed E-state index contributed by atoms with van der Waals surface area (Å²) in [6, 6.07) is 12.2. The number of aryl methyl sites for hydroxylation is 3. The van der Waals surface area contributed by atoms with Crippen molar-refractivity contribution in [2.75, 3.05) is 7.11 Å². The van der Waals surface area contributed by atoms with Crippen LogP contribution in [0.5, 0.6) is 5.75 Å². The van der Waals surface area contributed by atoms with Gasteiger partial charge in [-0.15, -0.1) is 0 Å². The molecular weight excluding hydrogens is 250 g/mol. The van der Waals surface area contributed by atoms with E-state index in [1.54, 1.807) is 7.11 Å². The molecule has 20 heavy (non-hydrogen) atoms. The minimum atomic E-state index is 0.828. The number of hydrogen-bond acceptors (Lipinski definition) is 3. The van der Waals surface area contributed by atoms with Gasteiger partial charge in [0.2, 0.25) is 0 Å². The standard InChI is InChI=1S/C16H17N3O/c1-12-5-4-10-19-16(12)17-15(18-19)9-8-13-6-3-7-14(11-13)20-2/h3-7,10-11H,8-9H2,1-2H3. The zero-order valence-corrected chi connectivity index (χ0v) is 11.7. The van der Waals surface area contributed by atoms with Crippen molar-refractivity contribution in [3.05, 3.63) is 59.5 Å². The molecule has 0 atom stereocenters. The highest BCUT2D eigenvalue weighted by atomic mass is 16.5. The highest BCUT2D eigenvalue weighted by Crippen LogP contribution is 2.14. The van der Waals surface area contributed by atoms with E-state index in [-0.39, 0.29) is 0 Å². The molecule has 102 valence electrons. The summed E-state index contributed by atoms with van der Waals surface area (Å²) in [4.78, 5) is 4.59. The Morgan fingerprint density at radius 2 is 2.05 bits per heavy atom. The van der Waals surface area contributed by atoms with Crippen LogP contribution in [0.1, 0.15) is 17.0 Å². The maximum absolute atomic E-state index is 5.24. The summed E-state index contributed by atoms with van der Waals surface area (Å²) in [6.07, 6.45) is 3.67. The zero-order valence-electron chi connectivity index (χ0n) is 11.7. The maximum atomic E-state index is 5.24. The molecule has 0 aliphatic carbocycles. The summed E-state index contributed by atoms with van der Waals surface area (Å²) in [5.41, 5.74) is 3.32. The van der Waals surface area contributed by atoms with E-state index in [1.165, 1.54) is 5.56 Å². The van der Waals surface area contributed by atoms with Gasteiger partial charge in [0, 0.05) is 12.6 Å². The second kappa shape index (κ2) is 5.33.